The largest absolute Gasteiger partial charge is 0.461 e. The summed E-state index contributed by atoms with van der Waals surface area (Å²) in [5.41, 5.74) is 4.61. The molecule has 1 aliphatic heterocycles. The first-order valence-electron chi connectivity index (χ1n) is 13.7. The number of nitrogens with one attached hydrogen (secondary N) is 1. The van der Waals surface area contributed by atoms with Gasteiger partial charge in [-0.15, -0.1) is 0 Å². The maximum Gasteiger partial charge on any atom is 0.416 e. The van der Waals surface area contributed by atoms with Gasteiger partial charge >= 0.3 is 12.1 Å². The Balaban J connectivity index is 0.976. The minimum atomic E-state index is -4.39. The predicted octanol–water partition coefficient (Wildman–Crippen LogP) is 7.26. The van der Waals surface area contributed by atoms with Gasteiger partial charge in [0.2, 0.25) is 0 Å². The maximum absolute atomic E-state index is 12.8. The van der Waals surface area contributed by atoms with E-state index in [9.17, 15) is 22.8 Å². The van der Waals surface area contributed by atoms with Crippen LogP contribution in [0.4, 0.5) is 18.9 Å². The van der Waals surface area contributed by atoms with E-state index in [1.807, 2.05) is 48.7 Å². The zero-order valence-corrected chi connectivity index (χ0v) is 21.8. The lowest BCUT2D eigenvalue weighted by Gasteiger charge is -2.27. The molecule has 1 unspecified atom stereocenters. The minimum Gasteiger partial charge on any atom is -0.461 e. The molecule has 0 spiro atoms. The van der Waals surface area contributed by atoms with Gasteiger partial charge in [-0.1, -0.05) is 30.3 Å². The van der Waals surface area contributed by atoms with E-state index in [-0.39, 0.29) is 24.4 Å². The van der Waals surface area contributed by atoms with E-state index in [2.05, 4.69) is 10.3 Å². The van der Waals surface area contributed by atoms with Crippen molar-refractivity contribution in [1.29, 1.82) is 0 Å². The smallest absolute Gasteiger partial charge is 0.416 e. The molecule has 1 heterocycles. The molecule has 2 atom stereocenters. The highest BCUT2D eigenvalue weighted by Crippen LogP contribution is 2.47. The molecular weight excluding hydrogens is 517 g/mol. The van der Waals surface area contributed by atoms with Crippen LogP contribution < -0.4 is 5.32 Å². The van der Waals surface area contributed by atoms with Gasteiger partial charge in [-0.2, -0.15) is 13.2 Å². The molecule has 3 aromatic rings. The molecule has 0 bridgehead atoms. The van der Waals surface area contributed by atoms with E-state index in [0.29, 0.717) is 41.8 Å². The molecule has 3 aromatic carbocycles. The van der Waals surface area contributed by atoms with Gasteiger partial charge in [0.25, 0.3) is 5.91 Å². The standard InChI is InChI=1S/C32H29F3N2O3/c33-32(34,35)25-10-1-19(2-11-25)18-40-31(39)22-5-3-20(4-6-22)21-7-12-26(13-8-21)37-30(38)23-9-14-27-24(15-23)17-36-29-16-28(27)29/h1-2,7-15,17,20,22,28-29H,3-6,16,18H2,(H,37,38)/t20?,22?,28-,29?/m1/s1. The summed E-state index contributed by atoms with van der Waals surface area (Å²) in [4.78, 5) is 29.9. The quantitative estimate of drug-likeness (QED) is 0.331. The van der Waals surface area contributed by atoms with Crippen molar-refractivity contribution < 1.29 is 27.5 Å². The van der Waals surface area contributed by atoms with Crippen LogP contribution in [0, 0.1) is 5.92 Å². The van der Waals surface area contributed by atoms with Crippen LogP contribution in [-0.4, -0.2) is 24.1 Å². The Morgan fingerprint density at radius 1 is 0.925 bits per heavy atom. The van der Waals surface area contributed by atoms with Crippen LogP contribution in [-0.2, 0) is 22.3 Å². The number of carbonyl (C=O) groups excluding carboxylic acids is 2. The molecule has 0 radical (unpaired) electrons. The number of fused-ring (bicyclic) bond motifs is 3. The van der Waals surface area contributed by atoms with E-state index in [4.69, 9.17) is 4.74 Å². The molecule has 0 saturated heterocycles. The lowest BCUT2D eigenvalue weighted by molar-refractivity contribution is -0.151. The third kappa shape index (κ3) is 5.67. The normalized spacial score (nSPS) is 23.1. The molecule has 2 saturated carbocycles. The van der Waals surface area contributed by atoms with E-state index in [1.165, 1.54) is 23.3 Å². The summed E-state index contributed by atoms with van der Waals surface area (Å²) in [6, 6.07) is 18.8. The monoisotopic (exact) mass is 546 g/mol. The number of anilines is 1. The molecule has 2 fully saturated rings. The van der Waals surface area contributed by atoms with Crippen LogP contribution in [0.25, 0.3) is 0 Å². The number of hydrogen-bond acceptors (Lipinski definition) is 4. The van der Waals surface area contributed by atoms with Gasteiger partial charge in [0.05, 0.1) is 17.5 Å². The molecule has 5 nitrogen and oxygen atoms in total. The molecule has 1 N–H and O–H groups in total. The first-order valence-corrected chi connectivity index (χ1v) is 13.7. The van der Waals surface area contributed by atoms with Crippen molar-refractivity contribution in [2.24, 2.45) is 10.9 Å². The van der Waals surface area contributed by atoms with Gasteiger partial charge in [0.15, 0.2) is 0 Å². The number of rotatable bonds is 6. The Bertz CT molecular complexity index is 1440. The number of alkyl halides is 3. The minimum absolute atomic E-state index is 0.0376. The Kier molecular flexibility index (Phi) is 6.94. The average Bonchev–Trinajstić information content (AvgIpc) is 3.76. The maximum atomic E-state index is 12.8. The molecule has 8 heteroatoms. The molecule has 6 rings (SSSR count). The summed E-state index contributed by atoms with van der Waals surface area (Å²) in [7, 11) is 0. The zero-order chi connectivity index (χ0) is 27.9. The fraction of sp³-hybridized carbons (Fsp3) is 0.344. The average molecular weight is 547 g/mol. The van der Waals surface area contributed by atoms with Crippen molar-refractivity contribution in [3.8, 4) is 0 Å². The molecule has 0 aromatic heterocycles. The van der Waals surface area contributed by atoms with Crippen LogP contribution in [0.5, 0.6) is 0 Å². The van der Waals surface area contributed by atoms with Crippen LogP contribution in [0.3, 0.4) is 0 Å². The second-order valence-corrected chi connectivity index (χ2v) is 11.0. The van der Waals surface area contributed by atoms with E-state index in [0.717, 1.165) is 42.6 Å². The Labute approximate surface area is 230 Å². The second kappa shape index (κ2) is 10.6. The zero-order valence-electron chi connectivity index (χ0n) is 21.8. The third-order valence-electron chi connectivity index (χ3n) is 8.27. The van der Waals surface area contributed by atoms with Crippen LogP contribution in [0.1, 0.15) is 82.1 Å². The number of aliphatic imine (C=N–C) groups is 1. The van der Waals surface area contributed by atoms with Crippen LogP contribution in [0.2, 0.25) is 0 Å². The first kappa shape index (κ1) is 26.3. The summed E-state index contributed by atoms with van der Waals surface area (Å²) in [6.45, 7) is -0.0376. The summed E-state index contributed by atoms with van der Waals surface area (Å²) in [6.07, 6.45) is 1.65. The number of ether oxygens (including phenoxy) is 1. The highest BCUT2D eigenvalue weighted by molar-refractivity contribution is 6.05. The SMILES string of the molecule is O=C(Nc1ccc(C2CCC(C(=O)OCc3ccc(C(F)(F)F)cc3)CC2)cc1)c1ccc2c(c1)C=NC1C[C@H]21. The van der Waals surface area contributed by atoms with Crippen LogP contribution >= 0.6 is 0 Å². The molecule has 40 heavy (non-hydrogen) atoms. The van der Waals surface area contributed by atoms with Crippen molar-refractivity contribution in [1.82, 2.24) is 0 Å². The van der Waals surface area contributed by atoms with Gasteiger partial charge in [0, 0.05) is 23.4 Å². The topological polar surface area (TPSA) is 67.8 Å². The lowest BCUT2D eigenvalue weighted by Crippen LogP contribution is -2.23. The lowest BCUT2D eigenvalue weighted by atomic mass is 9.78. The van der Waals surface area contributed by atoms with Crippen molar-refractivity contribution in [2.75, 3.05) is 5.32 Å². The highest BCUT2D eigenvalue weighted by atomic mass is 19.4. The van der Waals surface area contributed by atoms with E-state index >= 15 is 0 Å². The fourth-order valence-corrected chi connectivity index (χ4v) is 5.79. The number of esters is 1. The highest BCUT2D eigenvalue weighted by Gasteiger charge is 2.41. The van der Waals surface area contributed by atoms with Gasteiger partial charge in [-0.25, -0.2) is 0 Å². The number of halogens is 3. The molecule has 2 aliphatic carbocycles. The number of nitrogens with zero attached hydrogens (tertiary/aromatic N) is 1. The van der Waals surface area contributed by atoms with Gasteiger partial charge in [-0.05, 0) is 96.7 Å². The number of hydrogen-bond donors (Lipinski definition) is 1. The fourth-order valence-electron chi connectivity index (χ4n) is 5.79. The number of carbonyl (C=O) groups is 2. The molecule has 1 amide bonds. The van der Waals surface area contributed by atoms with Gasteiger partial charge < -0.3 is 10.1 Å². The summed E-state index contributed by atoms with van der Waals surface area (Å²) in [5.74, 6) is 0.156. The third-order valence-corrected chi connectivity index (χ3v) is 8.27. The summed E-state index contributed by atoms with van der Waals surface area (Å²) < 4.78 is 43.5. The van der Waals surface area contributed by atoms with Crippen molar-refractivity contribution >= 4 is 23.8 Å². The molecular formula is C32H29F3N2O3. The van der Waals surface area contributed by atoms with Crippen LogP contribution in [0.15, 0.2) is 71.7 Å². The van der Waals surface area contributed by atoms with Gasteiger partial charge in [-0.3, -0.25) is 14.6 Å². The number of amides is 1. The Morgan fingerprint density at radius 3 is 2.35 bits per heavy atom. The Hall–Kier alpha value is -3.94. The number of benzene rings is 3. The first-order chi connectivity index (χ1) is 19.2. The van der Waals surface area contributed by atoms with Crippen molar-refractivity contribution in [2.45, 2.75) is 62.8 Å². The van der Waals surface area contributed by atoms with Crippen molar-refractivity contribution in [3.63, 3.8) is 0 Å². The van der Waals surface area contributed by atoms with E-state index < -0.39 is 11.7 Å². The Morgan fingerprint density at radius 2 is 1.65 bits per heavy atom. The predicted molar refractivity (Wildman–Crippen MR) is 146 cm³/mol. The van der Waals surface area contributed by atoms with Crippen molar-refractivity contribution in [3.05, 3.63) is 100 Å². The molecule has 206 valence electrons. The summed E-state index contributed by atoms with van der Waals surface area (Å²) >= 11 is 0. The summed E-state index contributed by atoms with van der Waals surface area (Å²) in [5, 5.41) is 2.98. The van der Waals surface area contributed by atoms with E-state index in [1.54, 1.807) is 0 Å². The van der Waals surface area contributed by atoms with Gasteiger partial charge in [0.1, 0.15) is 6.61 Å². The molecule has 3 aliphatic rings. The second-order valence-electron chi connectivity index (χ2n) is 11.0.